The van der Waals surface area contributed by atoms with Gasteiger partial charge in [-0.05, 0) is 25.6 Å². The maximum Gasteiger partial charge on any atom is 0.251 e. The number of carbonyl (C=O) groups is 2. The molecule has 4 nitrogen and oxygen atoms in total. The summed E-state index contributed by atoms with van der Waals surface area (Å²) in [6.07, 6.45) is 0.435. The van der Waals surface area contributed by atoms with Gasteiger partial charge in [0.05, 0.1) is 6.04 Å². The van der Waals surface area contributed by atoms with E-state index in [1.807, 2.05) is 13.0 Å². The zero-order valence-corrected chi connectivity index (χ0v) is 10.9. The van der Waals surface area contributed by atoms with Crippen molar-refractivity contribution in [2.24, 2.45) is 0 Å². The Hall–Kier alpha value is -1.68. The van der Waals surface area contributed by atoms with Gasteiger partial charge in [-0.15, -0.1) is 0 Å². The van der Waals surface area contributed by atoms with Crippen LogP contribution in [0.15, 0.2) is 30.3 Å². The summed E-state index contributed by atoms with van der Waals surface area (Å²) >= 11 is 0. The first-order valence-electron chi connectivity index (χ1n) is 6.24. The second kappa shape index (κ2) is 7.61. The molecule has 18 heavy (non-hydrogen) atoms. The van der Waals surface area contributed by atoms with Crippen molar-refractivity contribution < 1.29 is 9.59 Å². The summed E-state index contributed by atoms with van der Waals surface area (Å²) in [6.45, 7) is 5.21. The number of amides is 1. The second-order valence-corrected chi connectivity index (χ2v) is 4.13. The van der Waals surface area contributed by atoms with Gasteiger partial charge in [-0.25, -0.2) is 0 Å². The van der Waals surface area contributed by atoms with Crippen LogP contribution in [0, 0.1) is 0 Å². The number of ketones is 1. The molecule has 1 aromatic carbocycles. The number of benzene rings is 1. The van der Waals surface area contributed by atoms with Crippen LogP contribution in [0.3, 0.4) is 0 Å². The first kappa shape index (κ1) is 14.4. The maximum atomic E-state index is 11.8. The van der Waals surface area contributed by atoms with Gasteiger partial charge in [-0.2, -0.15) is 0 Å². The Labute approximate surface area is 108 Å². The van der Waals surface area contributed by atoms with E-state index in [-0.39, 0.29) is 11.7 Å². The zero-order chi connectivity index (χ0) is 13.4. The minimum atomic E-state index is -0.448. The van der Waals surface area contributed by atoms with Crippen molar-refractivity contribution in [3.63, 3.8) is 0 Å². The lowest BCUT2D eigenvalue weighted by molar-refractivity contribution is -0.120. The lowest BCUT2D eigenvalue weighted by Crippen LogP contribution is -2.39. The largest absolute Gasteiger partial charge is 0.343 e. The highest BCUT2D eigenvalue weighted by Gasteiger charge is 2.15. The molecule has 0 aliphatic carbocycles. The van der Waals surface area contributed by atoms with Gasteiger partial charge in [0.2, 0.25) is 0 Å². The van der Waals surface area contributed by atoms with Crippen LogP contribution in [0.25, 0.3) is 0 Å². The lowest BCUT2D eigenvalue weighted by atomic mass is 10.1. The molecular formula is C14H20N2O2. The van der Waals surface area contributed by atoms with Gasteiger partial charge in [0.15, 0.2) is 5.78 Å². The van der Waals surface area contributed by atoms with E-state index in [9.17, 15) is 9.59 Å². The Kier molecular flexibility index (Phi) is 6.08. The Morgan fingerprint density at radius 2 is 1.89 bits per heavy atom. The van der Waals surface area contributed by atoms with Crippen LogP contribution in [0.5, 0.6) is 0 Å². The standard InChI is InChI=1S/C14H20N2O2/c1-3-15-10-9-13(17)11(2)16-14(18)12-7-5-4-6-8-12/h4-8,11,15H,3,9-10H2,1-2H3,(H,16,18)/t11-/m0/s1. The third-order valence-electron chi connectivity index (χ3n) is 2.66. The second-order valence-electron chi connectivity index (χ2n) is 4.13. The molecule has 0 saturated heterocycles. The molecule has 2 N–H and O–H groups in total. The highest BCUT2D eigenvalue weighted by molar-refractivity contribution is 5.97. The summed E-state index contributed by atoms with van der Waals surface area (Å²) in [5, 5.41) is 5.79. The lowest BCUT2D eigenvalue weighted by Gasteiger charge is -2.13. The van der Waals surface area contributed by atoms with Gasteiger partial charge < -0.3 is 10.6 Å². The van der Waals surface area contributed by atoms with Crippen molar-refractivity contribution in [1.29, 1.82) is 0 Å². The van der Waals surface area contributed by atoms with Crippen LogP contribution < -0.4 is 10.6 Å². The summed E-state index contributed by atoms with van der Waals surface area (Å²) in [6, 6.07) is 8.45. The summed E-state index contributed by atoms with van der Waals surface area (Å²) in [4.78, 5) is 23.5. The normalized spacial score (nSPS) is 11.9. The molecule has 0 spiro atoms. The van der Waals surface area contributed by atoms with Crippen LogP contribution in [-0.4, -0.2) is 30.8 Å². The van der Waals surface area contributed by atoms with E-state index < -0.39 is 6.04 Å². The van der Waals surface area contributed by atoms with Crippen LogP contribution in [0.1, 0.15) is 30.6 Å². The van der Waals surface area contributed by atoms with E-state index in [2.05, 4.69) is 10.6 Å². The fraction of sp³-hybridized carbons (Fsp3) is 0.429. The Morgan fingerprint density at radius 1 is 1.22 bits per heavy atom. The SMILES string of the molecule is CCNCCC(=O)[C@H](C)NC(=O)c1ccccc1. The molecule has 1 amide bonds. The molecule has 0 aliphatic heterocycles. The molecule has 1 rings (SSSR count). The molecule has 4 heteroatoms. The molecule has 0 aliphatic rings. The predicted octanol–water partition coefficient (Wildman–Crippen LogP) is 1.37. The van der Waals surface area contributed by atoms with Crippen molar-refractivity contribution in [1.82, 2.24) is 10.6 Å². The summed E-state index contributed by atoms with van der Waals surface area (Å²) in [5.74, 6) is -0.167. The molecule has 98 valence electrons. The molecule has 0 unspecified atom stereocenters. The molecule has 0 fully saturated rings. The number of nitrogens with one attached hydrogen (secondary N) is 2. The number of hydrogen-bond donors (Lipinski definition) is 2. The first-order valence-corrected chi connectivity index (χ1v) is 6.24. The van der Waals surface area contributed by atoms with Gasteiger partial charge >= 0.3 is 0 Å². The smallest absolute Gasteiger partial charge is 0.251 e. The Balaban J connectivity index is 2.42. The van der Waals surface area contributed by atoms with E-state index in [0.717, 1.165) is 6.54 Å². The fourth-order valence-electron chi connectivity index (χ4n) is 1.55. The highest BCUT2D eigenvalue weighted by Crippen LogP contribution is 1.99. The topological polar surface area (TPSA) is 58.2 Å². The van der Waals surface area contributed by atoms with Crippen LogP contribution >= 0.6 is 0 Å². The van der Waals surface area contributed by atoms with Crippen molar-refractivity contribution >= 4 is 11.7 Å². The van der Waals surface area contributed by atoms with Crippen molar-refractivity contribution in [2.45, 2.75) is 26.3 Å². The van der Waals surface area contributed by atoms with Gasteiger partial charge in [0.1, 0.15) is 0 Å². The van der Waals surface area contributed by atoms with Gasteiger partial charge in [-0.3, -0.25) is 9.59 Å². The quantitative estimate of drug-likeness (QED) is 0.717. The summed E-state index contributed by atoms with van der Waals surface area (Å²) in [7, 11) is 0. The summed E-state index contributed by atoms with van der Waals surface area (Å²) in [5.41, 5.74) is 0.573. The van der Waals surface area contributed by atoms with Gasteiger partial charge in [-0.1, -0.05) is 25.1 Å². The van der Waals surface area contributed by atoms with Crippen LogP contribution in [-0.2, 0) is 4.79 Å². The predicted molar refractivity (Wildman–Crippen MR) is 71.5 cm³/mol. The average Bonchev–Trinajstić information content (AvgIpc) is 2.39. The average molecular weight is 248 g/mol. The summed E-state index contributed by atoms with van der Waals surface area (Å²) < 4.78 is 0. The molecule has 0 heterocycles. The monoisotopic (exact) mass is 248 g/mol. The highest BCUT2D eigenvalue weighted by atomic mass is 16.2. The van der Waals surface area contributed by atoms with E-state index in [4.69, 9.17) is 0 Å². The van der Waals surface area contributed by atoms with Crippen molar-refractivity contribution in [3.8, 4) is 0 Å². The van der Waals surface area contributed by atoms with E-state index >= 15 is 0 Å². The van der Waals surface area contributed by atoms with Gasteiger partial charge in [0, 0.05) is 18.5 Å². The first-order chi connectivity index (χ1) is 8.65. The van der Waals surface area contributed by atoms with E-state index in [1.54, 1.807) is 31.2 Å². The maximum absolute atomic E-state index is 11.8. The zero-order valence-electron chi connectivity index (χ0n) is 10.9. The molecule has 1 aromatic rings. The van der Waals surface area contributed by atoms with Crippen molar-refractivity contribution in [3.05, 3.63) is 35.9 Å². The number of hydrogen-bond acceptors (Lipinski definition) is 3. The van der Waals surface area contributed by atoms with Crippen LogP contribution in [0.2, 0.25) is 0 Å². The molecule has 0 aromatic heterocycles. The number of carbonyl (C=O) groups excluding carboxylic acids is 2. The number of Topliss-reactive ketones (excluding diaryl/α,β-unsaturated/α-hetero) is 1. The van der Waals surface area contributed by atoms with Crippen LogP contribution in [0.4, 0.5) is 0 Å². The Morgan fingerprint density at radius 3 is 2.50 bits per heavy atom. The minimum absolute atomic E-state index is 0.0419. The molecule has 0 saturated carbocycles. The fourth-order valence-corrected chi connectivity index (χ4v) is 1.55. The van der Waals surface area contributed by atoms with Crippen molar-refractivity contribution in [2.75, 3.05) is 13.1 Å². The van der Waals surface area contributed by atoms with E-state index in [0.29, 0.717) is 18.5 Å². The molecule has 0 bridgehead atoms. The minimum Gasteiger partial charge on any atom is -0.343 e. The van der Waals surface area contributed by atoms with Gasteiger partial charge in [0.25, 0.3) is 5.91 Å². The number of rotatable bonds is 7. The molecular weight excluding hydrogens is 228 g/mol. The Bertz CT molecular complexity index is 390. The molecule has 0 radical (unpaired) electrons. The third-order valence-corrected chi connectivity index (χ3v) is 2.66. The third kappa shape index (κ3) is 4.67. The molecule has 1 atom stereocenters. The van der Waals surface area contributed by atoms with E-state index in [1.165, 1.54) is 0 Å².